The number of carbonyl (C=O) groups excluding carboxylic acids is 1. The number of amides is 1. The maximum absolute atomic E-state index is 13.2. The molecule has 26 heavy (non-hydrogen) atoms. The van der Waals surface area contributed by atoms with E-state index in [2.05, 4.69) is 4.72 Å². The first-order valence-electron chi connectivity index (χ1n) is 7.66. The van der Waals surface area contributed by atoms with Gasteiger partial charge in [-0.3, -0.25) is 4.79 Å². The highest BCUT2D eigenvalue weighted by Gasteiger charge is 2.17. The number of halogens is 2. The molecule has 2 aromatic rings. The van der Waals surface area contributed by atoms with Crippen LogP contribution in [0, 0.1) is 11.6 Å². The Morgan fingerprint density at radius 3 is 2.50 bits per heavy atom. The molecule has 0 radical (unpaired) electrons. The largest absolute Gasteiger partial charge is 0.508 e. The summed E-state index contributed by atoms with van der Waals surface area (Å²) in [5.74, 6) is -2.70. The molecule has 0 heterocycles. The van der Waals surface area contributed by atoms with E-state index in [9.17, 15) is 27.1 Å². The standard InChI is InChI=1S/C17H18F2N2O4S/c1-21(11-12-4-2-3-5-16(12)22)17(23)8-9-20-26(24,25)13-6-7-14(18)15(19)10-13/h2-7,10,20,22H,8-9,11H2,1H3. The lowest BCUT2D eigenvalue weighted by molar-refractivity contribution is -0.130. The minimum absolute atomic E-state index is 0.0613. The van der Waals surface area contributed by atoms with Crippen molar-refractivity contribution < 1.29 is 27.1 Å². The minimum atomic E-state index is -4.05. The van der Waals surface area contributed by atoms with E-state index in [0.29, 0.717) is 11.6 Å². The van der Waals surface area contributed by atoms with Crippen LogP contribution in [0.4, 0.5) is 8.78 Å². The highest BCUT2D eigenvalue weighted by molar-refractivity contribution is 7.89. The maximum atomic E-state index is 13.2. The van der Waals surface area contributed by atoms with Gasteiger partial charge in [0.1, 0.15) is 5.75 Å². The van der Waals surface area contributed by atoms with Gasteiger partial charge in [-0.1, -0.05) is 18.2 Å². The first-order valence-corrected chi connectivity index (χ1v) is 9.14. The highest BCUT2D eigenvalue weighted by Crippen LogP contribution is 2.17. The molecule has 0 saturated heterocycles. The average Bonchev–Trinajstić information content (AvgIpc) is 2.59. The van der Waals surface area contributed by atoms with E-state index in [4.69, 9.17) is 0 Å². The lowest BCUT2D eigenvalue weighted by atomic mass is 10.2. The molecule has 6 nitrogen and oxygen atoms in total. The Hall–Kier alpha value is -2.52. The summed E-state index contributed by atoms with van der Waals surface area (Å²) < 4.78 is 52.3. The molecule has 0 fully saturated rings. The van der Waals surface area contributed by atoms with Gasteiger partial charge in [-0.15, -0.1) is 0 Å². The van der Waals surface area contributed by atoms with E-state index in [1.807, 2.05) is 0 Å². The fourth-order valence-corrected chi connectivity index (χ4v) is 3.24. The van der Waals surface area contributed by atoms with E-state index in [-0.39, 0.29) is 31.2 Å². The van der Waals surface area contributed by atoms with Crippen molar-refractivity contribution >= 4 is 15.9 Å². The zero-order valence-corrected chi connectivity index (χ0v) is 14.8. The molecule has 0 aliphatic rings. The molecule has 1 amide bonds. The van der Waals surface area contributed by atoms with Gasteiger partial charge in [0.15, 0.2) is 11.6 Å². The second kappa shape index (κ2) is 8.24. The van der Waals surface area contributed by atoms with Gasteiger partial charge >= 0.3 is 0 Å². The number of nitrogens with zero attached hydrogens (tertiary/aromatic N) is 1. The van der Waals surface area contributed by atoms with Crippen molar-refractivity contribution in [3.05, 3.63) is 59.7 Å². The number of benzene rings is 2. The van der Waals surface area contributed by atoms with Crippen LogP contribution in [-0.2, 0) is 21.4 Å². The Bertz CT molecular complexity index is 903. The average molecular weight is 384 g/mol. The lowest BCUT2D eigenvalue weighted by Crippen LogP contribution is -2.32. The van der Waals surface area contributed by atoms with Crippen molar-refractivity contribution in [3.63, 3.8) is 0 Å². The normalized spacial score (nSPS) is 11.3. The molecule has 0 spiro atoms. The van der Waals surface area contributed by atoms with Crippen molar-refractivity contribution in [3.8, 4) is 5.75 Å². The van der Waals surface area contributed by atoms with Gasteiger partial charge in [-0.25, -0.2) is 21.9 Å². The summed E-state index contributed by atoms with van der Waals surface area (Å²) in [6, 6.07) is 8.79. The van der Waals surface area contributed by atoms with Crippen LogP contribution in [0.25, 0.3) is 0 Å². The molecule has 0 saturated carbocycles. The smallest absolute Gasteiger partial charge is 0.240 e. The topological polar surface area (TPSA) is 86.7 Å². The van der Waals surface area contributed by atoms with Crippen LogP contribution >= 0.6 is 0 Å². The van der Waals surface area contributed by atoms with E-state index in [0.717, 1.165) is 12.1 Å². The summed E-state index contributed by atoms with van der Waals surface area (Å²) >= 11 is 0. The summed E-state index contributed by atoms with van der Waals surface area (Å²) in [5.41, 5.74) is 0.561. The third-order valence-electron chi connectivity index (χ3n) is 3.66. The molecule has 2 N–H and O–H groups in total. The van der Waals surface area contributed by atoms with Crippen molar-refractivity contribution in [2.75, 3.05) is 13.6 Å². The molecule has 0 aromatic heterocycles. The first-order chi connectivity index (χ1) is 12.2. The predicted octanol–water partition coefficient (Wildman–Crippen LogP) is 2.00. The van der Waals surface area contributed by atoms with Crippen LogP contribution in [0.1, 0.15) is 12.0 Å². The third-order valence-corrected chi connectivity index (χ3v) is 5.12. The van der Waals surface area contributed by atoms with Gasteiger partial charge in [-0.2, -0.15) is 0 Å². The molecule has 9 heteroatoms. The Morgan fingerprint density at radius 1 is 1.15 bits per heavy atom. The Kier molecular flexibility index (Phi) is 6.27. The van der Waals surface area contributed by atoms with E-state index < -0.39 is 26.6 Å². The number of phenolic OH excluding ortho intramolecular Hbond substituents is 1. The molecule has 0 aliphatic heterocycles. The molecule has 2 rings (SSSR count). The Morgan fingerprint density at radius 2 is 1.85 bits per heavy atom. The van der Waals surface area contributed by atoms with Gasteiger partial charge in [0.05, 0.1) is 4.90 Å². The fourth-order valence-electron chi connectivity index (χ4n) is 2.20. The van der Waals surface area contributed by atoms with Crippen molar-refractivity contribution in [1.82, 2.24) is 9.62 Å². The van der Waals surface area contributed by atoms with Crippen LogP contribution in [-0.4, -0.2) is 37.9 Å². The monoisotopic (exact) mass is 384 g/mol. The van der Waals surface area contributed by atoms with Crippen LogP contribution in [0.2, 0.25) is 0 Å². The van der Waals surface area contributed by atoms with Crippen molar-refractivity contribution in [2.45, 2.75) is 17.9 Å². The number of nitrogens with one attached hydrogen (secondary N) is 1. The second-order valence-electron chi connectivity index (χ2n) is 5.60. The number of rotatable bonds is 7. The lowest BCUT2D eigenvalue weighted by Gasteiger charge is -2.18. The zero-order valence-electron chi connectivity index (χ0n) is 13.9. The van der Waals surface area contributed by atoms with Crippen LogP contribution in [0.5, 0.6) is 5.75 Å². The molecule has 0 bridgehead atoms. The quantitative estimate of drug-likeness (QED) is 0.765. The summed E-state index contributed by atoms with van der Waals surface area (Å²) in [5, 5.41) is 9.70. The van der Waals surface area contributed by atoms with Gasteiger partial charge in [0.25, 0.3) is 0 Å². The summed E-state index contributed by atoms with van der Waals surface area (Å²) in [7, 11) is -2.53. The van der Waals surface area contributed by atoms with Crippen LogP contribution in [0.15, 0.2) is 47.4 Å². The molecule has 140 valence electrons. The number of phenols is 1. The van der Waals surface area contributed by atoms with Crippen molar-refractivity contribution in [2.24, 2.45) is 0 Å². The van der Waals surface area contributed by atoms with Gasteiger partial charge in [-0.05, 0) is 24.3 Å². The van der Waals surface area contributed by atoms with Crippen molar-refractivity contribution in [1.29, 1.82) is 0 Å². The Labute approximate surface area is 150 Å². The van der Waals surface area contributed by atoms with Gasteiger partial charge < -0.3 is 10.0 Å². The summed E-state index contributed by atoms with van der Waals surface area (Å²) in [6.45, 7) is -0.0350. The van der Waals surface area contributed by atoms with Gasteiger partial charge in [0.2, 0.25) is 15.9 Å². The summed E-state index contributed by atoms with van der Waals surface area (Å²) in [4.78, 5) is 13.0. The maximum Gasteiger partial charge on any atom is 0.240 e. The number of aromatic hydroxyl groups is 1. The Balaban J connectivity index is 1.90. The molecule has 0 unspecified atom stereocenters. The third kappa shape index (κ3) is 4.99. The predicted molar refractivity (Wildman–Crippen MR) is 90.7 cm³/mol. The molecular weight excluding hydrogens is 366 g/mol. The molecule has 0 atom stereocenters. The first kappa shape index (κ1) is 19.8. The molecule has 2 aromatic carbocycles. The number of hydrogen-bond acceptors (Lipinski definition) is 4. The number of sulfonamides is 1. The number of carbonyl (C=O) groups is 1. The SMILES string of the molecule is CN(Cc1ccccc1O)C(=O)CCNS(=O)(=O)c1ccc(F)c(F)c1. The van der Waals surface area contributed by atoms with E-state index in [1.54, 1.807) is 18.2 Å². The summed E-state index contributed by atoms with van der Waals surface area (Å²) in [6.07, 6.45) is -0.132. The van der Waals surface area contributed by atoms with Crippen LogP contribution < -0.4 is 4.72 Å². The van der Waals surface area contributed by atoms with E-state index in [1.165, 1.54) is 18.0 Å². The number of para-hydroxylation sites is 1. The van der Waals surface area contributed by atoms with E-state index >= 15 is 0 Å². The van der Waals surface area contributed by atoms with Gasteiger partial charge in [0, 0.05) is 32.1 Å². The highest BCUT2D eigenvalue weighted by atomic mass is 32.2. The minimum Gasteiger partial charge on any atom is -0.508 e. The molecule has 0 aliphatic carbocycles. The van der Waals surface area contributed by atoms with Crippen LogP contribution in [0.3, 0.4) is 0 Å². The number of hydrogen-bond donors (Lipinski definition) is 2. The zero-order chi connectivity index (χ0) is 19.3. The fraction of sp³-hybridized carbons (Fsp3) is 0.235. The molecular formula is C17H18F2N2O4S. The second-order valence-corrected chi connectivity index (χ2v) is 7.37.